The molecule has 8 nitrogen and oxygen atoms in total. The number of nitro benzene ring substituents is 1. The van der Waals surface area contributed by atoms with Crippen LogP contribution in [0, 0.1) is 10.1 Å². The van der Waals surface area contributed by atoms with Gasteiger partial charge in [0.2, 0.25) is 0 Å². The molecular formula is C13H9N3O5. The van der Waals surface area contributed by atoms with E-state index in [4.69, 9.17) is 5.11 Å². The Kier molecular flexibility index (Phi) is 3.89. The third kappa shape index (κ3) is 3.18. The highest BCUT2D eigenvalue weighted by Gasteiger charge is 2.16. The summed E-state index contributed by atoms with van der Waals surface area (Å²) >= 11 is 0. The molecular weight excluding hydrogens is 278 g/mol. The molecule has 106 valence electrons. The minimum atomic E-state index is -1.29. The van der Waals surface area contributed by atoms with Crippen LogP contribution in [0.2, 0.25) is 0 Å². The number of nitrogens with zero attached hydrogens (tertiary/aromatic N) is 2. The molecule has 0 saturated heterocycles. The molecule has 2 N–H and O–H groups in total. The van der Waals surface area contributed by atoms with Crippen molar-refractivity contribution in [2.75, 3.05) is 5.32 Å². The first-order valence-corrected chi connectivity index (χ1v) is 5.73. The Bertz CT molecular complexity index is 729. The molecule has 0 spiro atoms. The predicted molar refractivity (Wildman–Crippen MR) is 72.2 cm³/mol. The first-order valence-electron chi connectivity index (χ1n) is 5.73. The summed E-state index contributed by atoms with van der Waals surface area (Å²) in [7, 11) is 0. The van der Waals surface area contributed by atoms with Crippen LogP contribution in [0.3, 0.4) is 0 Å². The molecule has 1 aromatic heterocycles. The van der Waals surface area contributed by atoms with Crippen LogP contribution in [0.1, 0.15) is 20.8 Å². The Morgan fingerprint density at radius 1 is 1.24 bits per heavy atom. The fraction of sp³-hybridized carbons (Fsp3) is 0. The van der Waals surface area contributed by atoms with Crippen LogP contribution in [0.25, 0.3) is 0 Å². The monoisotopic (exact) mass is 287 g/mol. The number of hydrogen-bond donors (Lipinski definition) is 2. The molecule has 0 saturated carbocycles. The summed E-state index contributed by atoms with van der Waals surface area (Å²) in [5, 5.41) is 22.0. The number of non-ortho nitro benzene ring substituents is 1. The molecule has 0 unspecified atom stereocenters. The number of anilines is 1. The van der Waals surface area contributed by atoms with E-state index in [1.807, 2.05) is 0 Å². The second-order valence-corrected chi connectivity index (χ2v) is 3.97. The normalized spacial score (nSPS) is 9.90. The van der Waals surface area contributed by atoms with Crippen molar-refractivity contribution in [3.8, 4) is 0 Å². The van der Waals surface area contributed by atoms with Gasteiger partial charge >= 0.3 is 5.97 Å². The lowest BCUT2D eigenvalue weighted by Crippen LogP contribution is -2.15. The lowest BCUT2D eigenvalue weighted by molar-refractivity contribution is -0.384. The maximum atomic E-state index is 12.0. The van der Waals surface area contributed by atoms with Crippen molar-refractivity contribution in [1.29, 1.82) is 0 Å². The summed E-state index contributed by atoms with van der Waals surface area (Å²) in [6.45, 7) is 0. The highest BCUT2D eigenvalue weighted by atomic mass is 16.6. The summed E-state index contributed by atoms with van der Waals surface area (Å²) in [6.07, 6.45) is 1.28. The minimum Gasteiger partial charge on any atom is -0.476 e. The first-order chi connectivity index (χ1) is 9.99. The van der Waals surface area contributed by atoms with Crippen molar-refractivity contribution in [3.05, 3.63) is 64.0 Å². The molecule has 0 aliphatic heterocycles. The van der Waals surface area contributed by atoms with Crippen LogP contribution in [-0.4, -0.2) is 26.9 Å². The molecule has 2 aromatic rings. The van der Waals surface area contributed by atoms with Gasteiger partial charge in [-0.25, -0.2) is 9.78 Å². The summed E-state index contributed by atoms with van der Waals surface area (Å²) in [5.41, 5.74) is -0.477. The summed E-state index contributed by atoms with van der Waals surface area (Å²) in [6, 6.07) is 7.96. The van der Waals surface area contributed by atoms with E-state index in [0.717, 1.165) is 6.07 Å². The average molecular weight is 287 g/mol. The van der Waals surface area contributed by atoms with Gasteiger partial charge in [-0.2, -0.15) is 0 Å². The number of nitro groups is 1. The zero-order valence-corrected chi connectivity index (χ0v) is 10.5. The van der Waals surface area contributed by atoms with E-state index in [9.17, 15) is 19.7 Å². The smallest absolute Gasteiger partial charge is 0.356 e. The van der Waals surface area contributed by atoms with Gasteiger partial charge in [0.15, 0.2) is 5.69 Å². The Balaban J connectivity index is 2.28. The van der Waals surface area contributed by atoms with Crippen molar-refractivity contribution < 1.29 is 19.6 Å². The number of pyridine rings is 1. The van der Waals surface area contributed by atoms with Crippen LogP contribution in [-0.2, 0) is 0 Å². The van der Waals surface area contributed by atoms with Gasteiger partial charge < -0.3 is 10.4 Å². The Hall–Kier alpha value is -3.29. The van der Waals surface area contributed by atoms with Gasteiger partial charge in [0, 0.05) is 23.9 Å². The van der Waals surface area contributed by atoms with E-state index in [1.54, 1.807) is 0 Å². The number of carboxylic acid groups (broad SMARTS) is 1. The number of carboxylic acids is 1. The van der Waals surface area contributed by atoms with Gasteiger partial charge in [0.05, 0.1) is 10.6 Å². The van der Waals surface area contributed by atoms with E-state index < -0.39 is 16.8 Å². The van der Waals surface area contributed by atoms with Crippen LogP contribution in [0.15, 0.2) is 42.6 Å². The summed E-state index contributed by atoms with van der Waals surface area (Å²) in [4.78, 5) is 36.7. The van der Waals surface area contributed by atoms with Crippen LogP contribution in [0.4, 0.5) is 11.4 Å². The fourth-order valence-corrected chi connectivity index (χ4v) is 1.63. The van der Waals surface area contributed by atoms with Crippen LogP contribution >= 0.6 is 0 Å². The van der Waals surface area contributed by atoms with Crippen molar-refractivity contribution in [1.82, 2.24) is 4.98 Å². The highest BCUT2D eigenvalue weighted by Crippen LogP contribution is 2.17. The largest absolute Gasteiger partial charge is 0.476 e. The van der Waals surface area contributed by atoms with Crippen molar-refractivity contribution in [3.63, 3.8) is 0 Å². The molecule has 0 atom stereocenters. The van der Waals surface area contributed by atoms with E-state index in [1.165, 1.54) is 36.5 Å². The number of hydrogen-bond acceptors (Lipinski definition) is 5. The van der Waals surface area contributed by atoms with E-state index in [0.29, 0.717) is 0 Å². The molecule has 8 heteroatoms. The summed E-state index contributed by atoms with van der Waals surface area (Å²) in [5.74, 6) is -1.95. The Labute approximate surface area is 118 Å². The van der Waals surface area contributed by atoms with Gasteiger partial charge in [-0.15, -0.1) is 0 Å². The molecule has 0 bridgehead atoms. The lowest BCUT2D eigenvalue weighted by Gasteiger charge is -2.07. The zero-order chi connectivity index (χ0) is 15.4. The lowest BCUT2D eigenvalue weighted by atomic mass is 10.2. The molecule has 1 amide bonds. The third-order valence-electron chi connectivity index (χ3n) is 2.58. The number of carbonyl (C=O) groups excluding carboxylic acids is 1. The number of aromatic carboxylic acids is 1. The zero-order valence-electron chi connectivity index (χ0n) is 10.5. The number of benzene rings is 1. The molecule has 21 heavy (non-hydrogen) atoms. The quantitative estimate of drug-likeness (QED) is 0.654. The second-order valence-electron chi connectivity index (χ2n) is 3.97. The van der Waals surface area contributed by atoms with E-state index >= 15 is 0 Å². The minimum absolute atomic E-state index is 0.0153. The van der Waals surface area contributed by atoms with E-state index in [2.05, 4.69) is 10.3 Å². The number of amides is 1. The van der Waals surface area contributed by atoms with Crippen molar-refractivity contribution >= 4 is 23.3 Å². The standard InChI is InChI=1S/C13H9N3O5/c17-12(8-3-1-4-9(7-8)16(20)21)15-10-5-2-6-14-11(10)13(18)19/h1-7H,(H,15,17)(H,18,19). The molecule has 0 radical (unpaired) electrons. The Morgan fingerprint density at radius 3 is 2.67 bits per heavy atom. The SMILES string of the molecule is O=C(Nc1cccnc1C(=O)O)c1cccc([N+](=O)[O-])c1. The van der Waals surface area contributed by atoms with Crippen LogP contribution in [0.5, 0.6) is 0 Å². The molecule has 1 aromatic carbocycles. The molecule has 0 fully saturated rings. The molecule has 0 aliphatic rings. The van der Waals surface area contributed by atoms with E-state index in [-0.39, 0.29) is 22.6 Å². The highest BCUT2D eigenvalue weighted by molar-refractivity contribution is 6.07. The van der Waals surface area contributed by atoms with Gasteiger partial charge in [-0.05, 0) is 18.2 Å². The van der Waals surface area contributed by atoms with Crippen LogP contribution < -0.4 is 5.32 Å². The number of carbonyl (C=O) groups is 2. The van der Waals surface area contributed by atoms with Gasteiger partial charge in [-0.1, -0.05) is 6.07 Å². The number of nitrogens with one attached hydrogen (secondary N) is 1. The topological polar surface area (TPSA) is 122 Å². The number of aromatic nitrogens is 1. The molecule has 2 rings (SSSR count). The Morgan fingerprint density at radius 2 is 2.00 bits per heavy atom. The maximum Gasteiger partial charge on any atom is 0.356 e. The molecule has 1 heterocycles. The number of rotatable bonds is 4. The van der Waals surface area contributed by atoms with Gasteiger partial charge in [-0.3, -0.25) is 14.9 Å². The van der Waals surface area contributed by atoms with Gasteiger partial charge in [0.25, 0.3) is 11.6 Å². The van der Waals surface area contributed by atoms with Crippen molar-refractivity contribution in [2.24, 2.45) is 0 Å². The fourth-order valence-electron chi connectivity index (χ4n) is 1.63. The average Bonchev–Trinajstić information content (AvgIpc) is 2.47. The van der Waals surface area contributed by atoms with Gasteiger partial charge in [0.1, 0.15) is 0 Å². The maximum absolute atomic E-state index is 12.0. The third-order valence-corrected chi connectivity index (χ3v) is 2.58. The predicted octanol–water partition coefficient (Wildman–Crippen LogP) is 1.94. The molecule has 0 aliphatic carbocycles. The summed E-state index contributed by atoms with van der Waals surface area (Å²) < 4.78 is 0. The second kappa shape index (κ2) is 5.78. The van der Waals surface area contributed by atoms with Crippen molar-refractivity contribution in [2.45, 2.75) is 0 Å². The first kappa shape index (κ1) is 14.1.